The first kappa shape index (κ1) is 23.1. The molecule has 2 amide bonds. The van der Waals surface area contributed by atoms with Crippen LogP contribution in [-0.2, 0) is 0 Å². The zero-order valence-corrected chi connectivity index (χ0v) is 19.5. The number of carboxylic acid groups (broad SMARTS) is 1. The number of nitrogens with one attached hydrogen (secondary N) is 2. The standard InChI is InChI=1S/C26H29N3O3S/c1-33-20-12-10-19(11-13-20)24-14-22(21-4-2-3-5-23(21)29-24)25(30)27-15-17-6-8-18(9-7-17)16-28-26(31)32/h2-5,10-14,17-18,28H,6-9,15-16H2,1H3,(H,27,30)(H,31,32)/t17-,18-. The van der Waals surface area contributed by atoms with Crippen molar-refractivity contribution in [1.82, 2.24) is 15.6 Å². The zero-order chi connectivity index (χ0) is 23.2. The third kappa shape index (κ3) is 5.85. The van der Waals surface area contributed by atoms with Crippen LogP contribution in [-0.4, -0.2) is 41.4 Å². The van der Waals surface area contributed by atoms with E-state index < -0.39 is 6.09 Å². The van der Waals surface area contributed by atoms with Gasteiger partial charge in [-0.15, -0.1) is 11.8 Å². The van der Waals surface area contributed by atoms with E-state index in [1.54, 1.807) is 11.8 Å². The van der Waals surface area contributed by atoms with E-state index in [0.717, 1.165) is 47.8 Å². The number of aromatic nitrogens is 1. The highest BCUT2D eigenvalue weighted by Gasteiger charge is 2.22. The fourth-order valence-corrected chi connectivity index (χ4v) is 4.88. The van der Waals surface area contributed by atoms with E-state index in [9.17, 15) is 9.59 Å². The molecule has 0 aliphatic heterocycles. The summed E-state index contributed by atoms with van der Waals surface area (Å²) in [5.74, 6) is 0.726. The number of para-hydroxylation sites is 1. The van der Waals surface area contributed by atoms with Crippen molar-refractivity contribution in [2.45, 2.75) is 30.6 Å². The number of amides is 2. The summed E-state index contributed by atoms with van der Waals surface area (Å²) in [5, 5.41) is 15.3. The Morgan fingerprint density at radius 1 is 0.970 bits per heavy atom. The van der Waals surface area contributed by atoms with Gasteiger partial charge in [-0.3, -0.25) is 4.79 Å². The maximum absolute atomic E-state index is 13.2. The summed E-state index contributed by atoms with van der Waals surface area (Å²) in [4.78, 5) is 29.9. The number of rotatable bonds is 7. The second kappa shape index (κ2) is 10.7. The van der Waals surface area contributed by atoms with Gasteiger partial charge in [0, 0.05) is 28.9 Å². The van der Waals surface area contributed by atoms with E-state index in [0.29, 0.717) is 30.5 Å². The molecule has 0 unspecified atom stereocenters. The number of thioether (sulfide) groups is 1. The number of benzene rings is 2. The van der Waals surface area contributed by atoms with Gasteiger partial charge in [0.05, 0.1) is 16.8 Å². The Kier molecular flexibility index (Phi) is 7.50. The van der Waals surface area contributed by atoms with Gasteiger partial charge in [-0.05, 0) is 68.0 Å². The number of carbonyl (C=O) groups excluding carboxylic acids is 1. The molecular weight excluding hydrogens is 434 g/mol. The molecule has 172 valence electrons. The molecule has 0 atom stereocenters. The van der Waals surface area contributed by atoms with Gasteiger partial charge in [-0.25, -0.2) is 9.78 Å². The van der Waals surface area contributed by atoms with E-state index in [4.69, 9.17) is 10.1 Å². The van der Waals surface area contributed by atoms with Crippen molar-refractivity contribution in [3.63, 3.8) is 0 Å². The van der Waals surface area contributed by atoms with Crippen molar-refractivity contribution in [2.75, 3.05) is 19.3 Å². The third-order valence-electron chi connectivity index (χ3n) is 6.41. The predicted molar refractivity (Wildman–Crippen MR) is 133 cm³/mol. The Balaban J connectivity index is 1.46. The maximum atomic E-state index is 13.2. The summed E-state index contributed by atoms with van der Waals surface area (Å²) in [6.45, 7) is 1.14. The molecule has 1 saturated carbocycles. The third-order valence-corrected chi connectivity index (χ3v) is 7.15. The normalized spacial score (nSPS) is 18.1. The predicted octanol–water partition coefficient (Wildman–Crippen LogP) is 5.43. The Morgan fingerprint density at radius 2 is 1.61 bits per heavy atom. The summed E-state index contributed by atoms with van der Waals surface area (Å²) in [7, 11) is 0. The lowest BCUT2D eigenvalue weighted by Crippen LogP contribution is -2.34. The van der Waals surface area contributed by atoms with Gasteiger partial charge >= 0.3 is 6.09 Å². The SMILES string of the molecule is CSc1ccc(-c2cc(C(=O)NC[C@H]3CC[C@H](CNC(=O)O)CC3)c3ccccc3n2)cc1. The summed E-state index contributed by atoms with van der Waals surface area (Å²) < 4.78 is 0. The van der Waals surface area contributed by atoms with Crippen LogP contribution in [0.15, 0.2) is 59.5 Å². The molecule has 6 nitrogen and oxygen atoms in total. The van der Waals surface area contributed by atoms with Crippen molar-refractivity contribution >= 4 is 34.7 Å². The topological polar surface area (TPSA) is 91.3 Å². The number of hydrogen-bond acceptors (Lipinski definition) is 4. The van der Waals surface area contributed by atoms with Crippen LogP contribution < -0.4 is 10.6 Å². The van der Waals surface area contributed by atoms with Crippen LogP contribution in [0.3, 0.4) is 0 Å². The Morgan fingerprint density at radius 3 is 2.24 bits per heavy atom. The molecule has 0 radical (unpaired) electrons. The van der Waals surface area contributed by atoms with Gasteiger partial charge < -0.3 is 15.7 Å². The van der Waals surface area contributed by atoms with Crippen molar-refractivity contribution in [3.8, 4) is 11.3 Å². The molecule has 3 aromatic rings. The highest BCUT2D eigenvalue weighted by atomic mass is 32.2. The second-order valence-electron chi connectivity index (χ2n) is 8.58. The lowest BCUT2D eigenvalue weighted by molar-refractivity contribution is 0.0942. The van der Waals surface area contributed by atoms with Gasteiger partial charge in [-0.2, -0.15) is 0 Å². The van der Waals surface area contributed by atoms with Crippen LogP contribution in [0.4, 0.5) is 4.79 Å². The lowest BCUT2D eigenvalue weighted by atomic mass is 9.82. The molecule has 0 bridgehead atoms. The Labute approximate surface area is 198 Å². The zero-order valence-electron chi connectivity index (χ0n) is 18.7. The quantitative estimate of drug-likeness (QED) is 0.407. The molecule has 1 fully saturated rings. The van der Waals surface area contributed by atoms with E-state index in [2.05, 4.69) is 22.8 Å². The van der Waals surface area contributed by atoms with Crippen LogP contribution in [0.1, 0.15) is 36.0 Å². The fraction of sp³-hybridized carbons (Fsp3) is 0.346. The second-order valence-corrected chi connectivity index (χ2v) is 9.46. The number of pyridine rings is 1. The van der Waals surface area contributed by atoms with E-state index in [1.165, 1.54) is 4.90 Å². The van der Waals surface area contributed by atoms with Gasteiger partial charge in [0.15, 0.2) is 0 Å². The molecule has 4 rings (SSSR count). The average molecular weight is 464 g/mol. The number of hydrogen-bond donors (Lipinski definition) is 3. The number of fused-ring (bicyclic) bond motifs is 1. The number of carbonyl (C=O) groups is 2. The molecule has 33 heavy (non-hydrogen) atoms. The minimum absolute atomic E-state index is 0.0785. The molecule has 1 aromatic heterocycles. The molecule has 3 N–H and O–H groups in total. The van der Waals surface area contributed by atoms with Crippen LogP contribution in [0.5, 0.6) is 0 Å². The molecule has 2 aromatic carbocycles. The first-order valence-electron chi connectivity index (χ1n) is 11.3. The van der Waals surface area contributed by atoms with Crippen LogP contribution in [0.25, 0.3) is 22.2 Å². The molecule has 0 spiro atoms. The minimum Gasteiger partial charge on any atom is -0.465 e. The van der Waals surface area contributed by atoms with Crippen molar-refractivity contribution < 1.29 is 14.7 Å². The van der Waals surface area contributed by atoms with Crippen LogP contribution in [0.2, 0.25) is 0 Å². The largest absolute Gasteiger partial charge is 0.465 e. The summed E-state index contributed by atoms with van der Waals surface area (Å²) in [6, 6.07) is 17.9. The van der Waals surface area contributed by atoms with Gasteiger partial charge in [-0.1, -0.05) is 30.3 Å². The summed E-state index contributed by atoms with van der Waals surface area (Å²) in [5.41, 5.74) is 3.23. The lowest BCUT2D eigenvalue weighted by Gasteiger charge is -2.28. The molecule has 1 heterocycles. The Bertz CT molecular complexity index is 1130. The molecule has 7 heteroatoms. The van der Waals surface area contributed by atoms with E-state index in [1.807, 2.05) is 48.7 Å². The smallest absolute Gasteiger partial charge is 0.404 e. The highest BCUT2D eigenvalue weighted by molar-refractivity contribution is 7.98. The molecule has 1 aliphatic rings. The van der Waals surface area contributed by atoms with E-state index >= 15 is 0 Å². The Hall–Kier alpha value is -3.06. The van der Waals surface area contributed by atoms with Crippen molar-refractivity contribution in [1.29, 1.82) is 0 Å². The first-order valence-corrected chi connectivity index (χ1v) is 12.5. The van der Waals surface area contributed by atoms with Crippen molar-refractivity contribution in [2.24, 2.45) is 11.8 Å². The molecule has 1 aliphatic carbocycles. The fourth-order valence-electron chi connectivity index (χ4n) is 4.48. The van der Waals surface area contributed by atoms with Gasteiger partial charge in [0.25, 0.3) is 5.91 Å². The van der Waals surface area contributed by atoms with Crippen LogP contribution >= 0.6 is 11.8 Å². The van der Waals surface area contributed by atoms with E-state index in [-0.39, 0.29) is 5.91 Å². The highest BCUT2D eigenvalue weighted by Crippen LogP contribution is 2.29. The summed E-state index contributed by atoms with van der Waals surface area (Å²) >= 11 is 1.69. The summed E-state index contributed by atoms with van der Waals surface area (Å²) in [6.07, 6.45) is 5.04. The first-order chi connectivity index (χ1) is 16.0. The maximum Gasteiger partial charge on any atom is 0.404 e. The van der Waals surface area contributed by atoms with Gasteiger partial charge in [0.2, 0.25) is 0 Å². The number of nitrogens with zero attached hydrogens (tertiary/aromatic N) is 1. The monoisotopic (exact) mass is 463 g/mol. The minimum atomic E-state index is -0.964. The average Bonchev–Trinajstić information content (AvgIpc) is 2.86. The molecule has 0 saturated heterocycles. The van der Waals surface area contributed by atoms with Crippen LogP contribution in [0, 0.1) is 11.8 Å². The van der Waals surface area contributed by atoms with Crippen molar-refractivity contribution in [3.05, 3.63) is 60.2 Å². The van der Waals surface area contributed by atoms with Gasteiger partial charge in [0.1, 0.15) is 0 Å². The molecular formula is C26H29N3O3S.